The maximum absolute atomic E-state index is 14.9. The third-order valence-corrected chi connectivity index (χ3v) is 6.66. The van der Waals surface area contributed by atoms with E-state index in [4.69, 9.17) is 4.74 Å². The van der Waals surface area contributed by atoms with Crippen LogP contribution >= 0.6 is 11.3 Å². The number of pyridine rings is 1. The number of nitrogens with one attached hydrogen (secondary N) is 2. The quantitative estimate of drug-likeness (QED) is 0.277. The highest BCUT2D eigenvalue weighted by atomic mass is 32.1. The molecule has 2 N–H and O–H groups in total. The number of hydrogen-bond donors (Lipinski definition) is 2. The van der Waals surface area contributed by atoms with E-state index in [-0.39, 0.29) is 17.9 Å². The molecular weight excluding hydrogens is 493 g/mol. The Bertz CT molecular complexity index is 1580. The first-order valence-corrected chi connectivity index (χ1v) is 12.3. The van der Waals surface area contributed by atoms with Crippen LogP contribution in [-0.2, 0) is 17.8 Å². The van der Waals surface area contributed by atoms with E-state index in [0.29, 0.717) is 5.75 Å². The number of urea groups is 1. The highest BCUT2D eigenvalue weighted by Crippen LogP contribution is 2.39. The molecule has 0 radical (unpaired) electrons. The Hall–Kier alpha value is -4.57. The lowest BCUT2D eigenvalue weighted by Crippen LogP contribution is -2.35. The fourth-order valence-electron chi connectivity index (χ4n) is 3.68. The SMILES string of the molecule is CCn1cnc(-c2cc3nccc(Oc4ccc(NC(=O)NC(=O)Cc5ccccc5)cc4F)c3s2)c1. The van der Waals surface area contributed by atoms with Crippen molar-refractivity contribution < 1.29 is 18.7 Å². The van der Waals surface area contributed by atoms with Gasteiger partial charge < -0.3 is 14.6 Å². The Balaban J connectivity index is 1.26. The van der Waals surface area contributed by atoms with Gasteiger partial charge in [-0.25, -0.2) is 14.2 Å². The van der Waals surface area contributed by atoms with E-state index in [0.717, 1.165) is 39.0 Å². The van der Waals surface area contributed by atoms with Crippen LogP contribution < -0.4 is 15.4 Å². The van der Waals surface area contributed by atoms with Gasteiger partial charge in [0.25, 0.3) is 0 Å². The van der Waals surface area contributed by atoms with Crippen LogP contribution in [0.2, 0.25) is 0 Å². The van der Waals surface area contributed by atoms with E-state index in [1.807, 2.05) is 42.0 Å². The third-order valence-electron chi connectivity index (χ3n) is 5.50. The molecule has 8 nitrogen and oxygen atoms in total. The molecule has 0 saturated carbocycles. The Morgan fingerprint density at radius 3 is 2.65 bits per heavy atom. The van der Waals surface area contributed by atoms with Crippen molar-refractivity contribution in [1.29, 1.82) is 0 Å². The average Bonchev–Trinajstić information content (AvgIpc) is 3.54. The van der Waals surface area contributed by atoms with Crippen molar-refractivity contribution >= 4 is 39.2 Å². The predicted octanol–water partition coefficient (Wildman–Crippen LogP) is 6.00. The Kier molecular flexibility index (Phi) is 6.91. The largest absolute Gasteiger partial charge is 0.453 e. The van der Waals surface area contributed by atoms with Crippen molar-refractivity contribution in [2.75, 3.05) is 5.32 Å². The first-order valence-electron chi connectivity index (χ1n) is 11.5. The van der Waals surface area contributed by atoms with Crippen molar-refractivity contribution in [2.24, 2.45) is 0 Å². The molecule has 3 heterocycles. The number of carbonyl (C=O) groups is 2. The maximum Gasteiger partial charge on any atom is 0.325 e. The molecule has 0 saturated heterocycles. The fraction of sp³-hybridized carbons (Fsp3) is 0.111. The summed E-state index contributed by atoms with van der Waals surface area (Å²) in [5.41, 5.74) is 2.51. The number of nitrogens with zero attached hydrogens (tertiary/aromatic N) is 3. The minimum absolute atomic E-state index is 0.0103. The lowest BCUT2D eigenvalue weighted by molar-refractivity contribution is -0.119. The second-order valence-electron chi connectivity index (χ2n) is 8.14. The van der Waals surface area contributed by atoms with Crippen LogP contribution in [-0.4, -0.2) is 26.5 Å². The van der Waals surface area contributed by atoms with Crippen LogP contribution in [0.15, 0.2) is 79.4 Å². The number of ether oxygens (including phenoxy) is 1. The van der Waals surface area contributed by atoms with Gasteiger partial charge in [-0.15, -0.1) is 11.3 Å². The maximum atomic E-state index is 14.9. The number of amides is 3. The third kappa shape index (κ3) is 5.65. The first-order chi connectivity index (χ1) is 18.0. The summed E-state index contributed by atoms with van der Waals surface area (Å²) in [6.07, 6.45) is 5.39. The van der Waals surface area contributed by atoms with Crippen molar-refractivity contribution in [3.63, 3.8) is 0 Å². The molecule has 3 amide bonds. The normalized spacial score (nSPS) is 10.9. The van der Waals surface area contributed by atoms with Crippen LogP contribution in [0, 0.1) is 5.82 Å². The number of imide groups is 1. The molecule has 186 valence electrons. The Morgan fingerprint density at radius 1 is 1.05 bits per heavy atom. The van der Waals surface area contributed by atoms with Gasteiger partial charge in [-0.3, -0.25) is 15.1 Å². The second kappa shape index (κ2) is 10.6. The standard InChI is InChI=1S/C27H22FN5O3S/c1-2-33-15-21(30-16-33)24-14-20-26(37-24)23(10-11-29-20)36-22-9-8-18(13-19(22)28)31-27(35)32-25(34)12-17-6-4-3-5-7-17/h3-11,13-16H,2,12H2,1H3,(H2,31,32,34,35). The summed E-state index contributed by atoms with van der Waals surface area (Å²) in [5, 5.41) is 4.70. The van der Waals surface area contributed by atoms with Gasteiger partial charge in [-0.05, 0) is 30.7 Å². The number of thiophene rings is 1. The number of aryl methyl sites for hydroxylation is 1. The summed E-state index contributed by atoms with van der Waals surface area (Å²) in [7, 11) is 0. The van der Waals surface area contributed by atoms with Crippen LogP contribution in [0.5, 0.6) is 11.5 Å². The molecule has 0 spiro atoms. The van der Waals surface area contributed by atoms with E-state index in [9.17, 15) is 14.0 Å². The van der Waals surface area contributed by atoms with Crippen LogP contribution in [0.4, 0.5) is 14.9 Å². The lowest BCUT2D eigenvalue weighted by Gasteiger charge is -2.10. The van der Waals surface area contributed by atoms with Gasteiger partial charge in [-0.2, -0.15) is 0 Å². The fourth-order valence-corrected chi connectivity index (χ4v) is 4.70. The number of fused-ring (bicyclic) bond motifs is 1. The number of aromatic nitrogens is 3. The molecule has 0 aliphatic rings. The number of rotatable bonds is 7. The van der Waals surface area contributed by atoms with Gasteiger partial charge in [0.2, 0.25) is 5.91 Å². The van der Waals surface area contributed by atoms with Gasteiger partial charge in [0.15, 0.2) is 11.6 Å². The predicted molar refractivity (Wildman–Crippen MR) is 140 cm³/mol. The monoisotopic (exact) mass is 515 g/mol. The number of anilines is 1. The number of benzene rings is 2. The molecule has 0 aliphatic heterocycles. The summed E-state index contributed by atoms with van der Waals surface area (Å²) in [4.78, 5) is 34.0. The molecule has 3 aromatic heterocycles. The molecule has 0 bridgehead atoms. The van der Waals surface area contributed by atoms with Crippen molar-refractivity contribution in [1.82, 2.24) is 19.9 Å². The minimum Gasteiger partial charge on any atom is -0.453 e. The number of halogens is 1. The summed E-state index contributed by atoms with van der Waals surface area (Å²) in [5.74, 6) is -0.691. The van der Waals surface area contributed by atoms with E-state index < -0.39 is 17.8 Å². The molecule has 0 unspecified atom stereocenters. The molecule has 0 aliphatic carbocycles. The lowest BCUT2D eigenvalue weighted by atomic mass is 10.1. The average molecular weight is 516 g/mol. The smallest absolute Gasteiger partial charge is 0.325 e. The summed E-state index contributed by atoms with van der Waals surface area (Å²) >= 11 is 1.46. The van der Waals surface area contributed by atoms with E-state index in [1.54, 1.807) is 30.7 Å². The number of carbonyl (C=O) groups excluding carboxylic acids is 2. The minimum atomic E-state index is -0.749. The van der Waals surface area contributed by atoms with Crippen molar-refractivity contribution in [3.8, 4) is 22.1 Å². The summed E-state index contributed by atoms with van der Waals surface area (Å²) in [6.45, 7) is 2.86. The Morgan fingerprint density at radius 2 is 1.89 bits per heavy atom. The molecule has 0 fully saturated rings. The number of hydrogen-bond acceptors (Lipinski definition) is 6. The van der Waals surface area contributed by atoms with Crippen LogP contribution in [0.1, 0.15) is 12.5 Å². The molecule has 5 rings (SSSR count). The highest BCUT2D eigenvalue weighted by Gasteiger charge is 2.15. The zero-order valence-corrected chi connectivity index (χ0v) is 20.6. The van der Waals surface area contributed by atoms with Gasteiger partial charge in [-0.1, -0.05) is 30.3 Å². The molecule has 0 atom stereocenters. The van der Waals surface area contributed by atoms with Crippen LogP contribution in [0.25, 0.3) is 20.8 Å². The second-order valence-corrected chi connectivity index (χ2v) is 9.19. The molecule has 2 aromatic carbocycles. The van der Waals surface area contributed by atoms with Gasteiger partial charge in [0, 0.05) is 36.8 Å². The van der Waals surface area contributed by atoms with Crippen molar-refractivity contribution in [3.05, 3.63) is 90.8 Å². The first kappa shape index (κ1) is 24.1. The van der Waals surface area contributed by atoms with Gasteiger partial charge >= 0.3 is 6.03 Å². The Labute approximate surface area is 215 Å². The summed E-state index contributed by atoms with van der Waals surface area (Å²) in [6, 6.07) is 15.9. The van der Waals surface area contributed by atoms with E-state index in [1.165, 1.54) is 23.5 Å². The zero-order valence-electron chi connectivity index (χ0n) is 19.8. The molecule has 10 heteroatoms. The highest BCUT2D eigenvalue weighted by molar-refractivity contribution is 7.22. The number of imidazole rings is 1. The topological polar surface area (TPSA) is 98.1 Å². The molecular formula is C27H22FN5O3S. The zero-order chi connectivity index (χ0) is 25.8. The van der Waals surface area contributed by atoms with E-state index in [2.05, 4.69) is 20.6 Å². The van der Waals surface area contributed by atoms with Gasteiger partial charge in [0.05, 0.1) is 33.5 Å². The van der Waals surface area contributed by atoms with Crippen LogP contribution in [0.3, 0.4) is 0 Å². The summed E-state index contributed by atoms with van der Waals surface area (Å²) < 4.78 is 23.5. The van der Waals surface area contributed by atoms with E-state index >= 15 is 0 Å². The molecule has 37 heavy (non-hydrogen) atoms. The van der Waals surface area contributed by atoms with Gasteiger partial charge in [0.1, 0.15) is 5.75 Å². The molecule has 5 aromatic rings. The van der Waals surface area contributed by atoms with Crippen molar-refractivity contribution in [2.45, 2.75) is 19.9 Å².